The molecule has 0 amide bonds. The average Bonchev–Trinajstić information content (AvgIpc) is 3.01. The summed E-state index contributed by atoms with van der Waals surface area (Å²) in [5.41, 5.74) is 3.28. The molecule has 2 heterocycles. The second-order valence-electron chi connectivity index (χ2n) is 6.03. The van der Waals surface area contributed by atoms with Crippen LogP contribution in [0.5, 0.6) is 5.75 Å². The first-order valence-electron chi connectivity index (χ1n) is 8.14. The van der Waals surface area contributed by atoms with Crippen LogP contribution in [0.1, 0.15) is 43.4 Å². The summed E-state index contributed by atoms with van der Waals surface area (Å²) in [5, 5.41) is 7.77. The van der Waals surface area contributed by atoms with Crippen LogP contribution in [-0.2, 0) is 0 Å². The maximum atomic E-state index is 6.37. The van der Waals surface area contributed by atoms with Gasteiger partial charge in [-0.25, -0.2) is 0 Å². The molecule has 2 atom stereocenters. The number of hydrogen-bond donors (Lipinski definition) is 0. The highest BCUT2D eigenvalue weighted by molar-refractivity contribution is 6.34. The molecular weight excluding hydrogens is 308 g/mol. The fraction of sp³-hybridized carbons (Fsp3) is 0.316. The number of hydrogen-bond acceptors (Lipinski definition) is 3. The van der Waals surface area contributed by atoms with Crippen molar-refractivity contribution < 1.29 is 4.74 Å². The van der Waals surface area contributed by atoms with Crippen LogP contribution in [0.2, 0.25) is 5.02 Å². The molecule has 23 heavy (non-hydrogen) atoms. The van der Waals surface area contributed by atoms with Gasteiger partial charge in [0.15, 0.2) is 6.23 Å². The number of ether oxygens (including phenoxy) is 1. The molecule has 4 rings (SSSR count). The highest BCUT2D eigenvalue weighted by Gasteiger charge is 2.39. The van der Waals surface area contributed by atoms with Crippen LogP contribution < -0.4 is 4.74 Å². The summed E-state index contributed by atoms with van der Waals surface area (Å²) in [4.78, 5) is 0. The monoisotopic (exact) mass is 326 g/mol. The van der Waals surface area contributed by atoms with Gasteiger partial charge in [0, 0.05) is 29.0 Å². The average molecular weight is 327 g/mol. The Balaban J connectivity index is 1.74. The molecule has 0 spiro atoms. The summed E-state index contributed by atoms with van der Waals surface area (Å²) < 4.78 is 6.19. The van der Waals surface area contributed by atoms with E-state index < -0.39 is 0 Å². The predicted molar refractivity (Wildman–Crippen MR) is 93.0 cm³/mol. The Labute approximate surface area is 141 Å². The highest BCUT2D eigenvalue weighted by Crippen LogP contribution is 2.44. The van der Waals surface area contributed by atoms with E-state index in [1.807, 2.05) is 30.3 Å². The lowest BCUT2D eigenvalue weighted by Gasteiger charge is -2.38. The minimum Gasteiger partial charge on any atom is -0.469 e. The summed E-state index contributed by atoms with van der Waals surface area (Å²) in [6, 6.07) is 16.5. The van der Waals surface area contributed by atoms with Gasteiger partial charge in [0.1, 0.15) is 5.75 Å². The van der Waals surface area contributed by atoms with E-state index in [9.17, 15) is 0 Å². The van der Waals surface area contributed by atoms with Crippen molar-refractivity contribution in [1.82, 2.24) is 5.01 Å². The molecule has 4 heteroatoms. The van der Waals surface area contributed by atoms with E-state index in [0.717, 1.165) is 41.3 Å². The maximum absolute atomic E-state index is 6.37. The van der Waals surface area contributed by atoms with Gasteiger partial charge in [0.2, 0.25) is 0 Å². The lowest BCUT2D eigenvalue weighted by molar-refractivity contribution is -0.0223. The largest absolute Gasteiger partial charge is 0.469 e. The van der Waals surface area contributed by atoms with Gasteiger partial charge in [-0.05, 0) is 12.1 Å². The normalized spacial score (nSPS) is 22.2. The molecule has 3 nitrogen and oxygen atoms in total. The predicted octanol–water partition coefficient (Wildman–Crippen LogP) is 5.01. The Morgan fingerprint density at radius 2 is 1.96 bits per heavy atom. The molecule has 2 unspecified atom stereocenters. The lowest BCUT2D eigenvalue weighted by Crippen LogP contribution is -2.40. The third-order valence-corrected chi connectivity index (χ3v) is 4.83. The Morgan fingerprint density at radius 3 is 2.78 bits per heavy atom. The fourth-order valence-electron chi connectivity index (χ4n) is 3.41. The summed E-state index contributed by atoms with van der Waals surface area (Å²) >= 11 is 6.37. The lowest BCUT2D eigenvalue weighted by atomic mass is 9.96. The zero-order valence-electron chi connectivity index (χ0n) is 13.1. The number of para-hydroxylation sites is 1. The van der Waals surface area contributed by atoms with Crippen LogP contribution in [0, 0.1) is 0 Å². The van der Waals surface area contributed by atoms with Gasteiger partial charge in [-0.2, -0.15) is 5.10 Å². The first-order valence-corrected chi connectivity index (χ1v) is 8.52. The zero-order valence-corrected chi connectivity index (χ0v) is 13.8. The van der Waals surface area contributed by atoms with Crippen molar-refractivity contribution in [2.24, 2.45) is 5.10 Å². The van der Waals surface area contributed by atoms with Gasteiger partial charge >= 0.3 is 0 Å². The van der Waals surface area contributed by atoms with Crippen molar-refractivity contribution in [3.8, 4) is 5.75 Å². The van der Waals surface area contributed by atoms with Crippen LogP contribution in [0.3, 0.4) is 0 Å². The molecule has 2 aromatic rings. The van der Waals surface area contributed by atoms with Gasteiger partial charge < -0.3 is 4.74 Å². The molecule has 0 fully saturated rings. The minimum atomic E-state index is -0.000104. The molecule has 0 N–H and O–H groups in total. The standard InChI is InChI=1S/C19H19ClN2O/c1-2-7-19-22-17(14-9-4-6-11-18(14)23-19)12-16(21-22)13-8-3-5-10-15(13)20/h3-6,8-11,17,19H,2,7,12H2,1H3. The Kier molecular flexibility index (Phi) is 3.74. The highest BCUT2D eigenvalue weighted by atomic mass is 35.5. The molecule has 2 aliphatic rings. The summed E-state index contributed by atoms with van der Waals surface area (Å²) in [6.07, 6.45) is 2.89. The topological polar surface area (TPSA) is 24.8 Å². The van der Waals surface area contributed by atoms with Crippen molar-refractivity contribution >= 4 is 17.3 Å². The zero-order chi connectivity index (χ0) is 15.8. The van der Waals surface area contributed by atoms with E-state index in [4.69, 9.17) is 21.4 Å². The fourth-order valence-corrected chi connectivity index (χ4v) is 3.65. The molecule has 0 aromatic heterocycles. The van der Waals surface area contributed by atoms with Gasteiger partial charge in [-0.1, -0.05) is 61.3 Å². The quantitative estimate of drug-likeness (QED) is 0.792. The van der Waals surface area contributed by atoms with Crippen LogP contribution in [-0.4, -0.2) is 16.9 Å². The van der Waals surface area contributed by atoms with Crippen molar-refractivity contribution in [3.63, 3.8) is 0 Å². The van der Waals surface area contributed by atoms with Crippen LogP contribution >= 0.6 is 11.6 Å². The molecule has 2 aliphatic heterocycles. The number of rotatable bonds is 3. The molecule has 0 aliphatic carbocycles. The van der Waals surface area contributed by atoms with Crippen LogP contribution in [0.25, 0.3) is 0 Å². The summed E-state index contributed by atoms with van der Waals surface area (Å²) in [7, 11) is 0. The van der Waals surface area contributed by atoms with Gasteiger partial charge in [0.25, 0.3) is 0 Å². The molecule has 0 bridgehead atoms. The van der Waals surface area contributed by atoms with Crippen molar-refractivity contribution in [3.05, 3.63) is 64.7 Å². The van der Waals surface area contributed by atoms with E-state index in [-0.39, 0.29) is 12.3 Å². The third kappa shape index (κ3) is 2.49. The Bertz CT molecular complexity index is 759. The Hall–Kier alpha value is -2.00. The van der Waals surface area contributed by atoms with E-state index in [1.165, 1.54) is 5.56 Å². The molecule has 118 valence electrons. The molecule has 2 aromatic carbocycles. The smallest absolute Gasteiger partial charge is 0.187 e. The van der Waals surface area contributed by atoms with E-state index >= 15 is 0 Å². The maximum Gasteiger partial charge on any atom is 0.187 e. The second-order valence-corrected chi connectivity index (χ2v) is 6.43. The van der Waals surface area contributed by atoms with E-state index in [2.05, 4.69) is 30.1 Å². The first-order chi connectivity index (χ1) is 11.3. The molecular formula is C19H19ClN2O. The van der Waals surface area contributed by atoms with Crippen LogP contribution in [0.4, 0.5) is 0 Å². The molecule has 0 saturated heterocycles. The van der Waals surface area contributed by atoms with Crippen molar-refractivity contribution in [2.45, 2.75) is 38.5 Å². The number of fused-ring (bicyclic) bond motifs is 3. The number of halogens is 1. The van der Waals surface area contributed by atoms with Gasteiger partial charge in [0.05, 0.1) is 11.8 Å². The SMILES string of the molecule is CCCC1Oc2ccccc2C2CC(c3ccccc3Cl)=NN12. The summed E-state index contributed by atoms with van der Waals surface area (Å²) in [6.45, 7) is 2.17. The van der Waals surface area contributed by atoms with E-state index in [1.54, 1.807) is 0 Å². The third-order valence-electron chi connectivity index (χ3n) is 4.50. The first kappa shape index (κ1) is 14.6. The Morgan fingerprint density at radius 1 is 1.17 bits per heavy atom. The summed E-state index contributed by atoms with van der Waals surface area (Å²) in [5.74, 6) is 0.989. The van der Waals surface area contributed by atoms with Gasteiger partial charge in [-0.3, -0.25) is 5.01 Å². The van der Waals surface area contributed by atoms with Gasteiger partial charge in [-0.15, -0.1) is 0 Å². The second kappa shape index (κ2) is 5.89. The van der Waals surface area contributed by atoms with Crippen LogP contribution in [0.15, 0.2) is 53.6 Å². The number of benzene rings is 2. The van der Waals surface area contributed by atoms with Crippen molar-refractivity contribution in [2.75, 3.05) is 0 Å². The number of nitrogens with zero attached hydrogens (tertiary/aromatic N) is 2. The van der Waals surface area contributed by atoms with Crippen molar-refractivity contribution in [1.29, 1.82) is 0 Å². The molecule has 0 saturated carbocycles. The van der Waals surface area contributed by atoms with E-state index in [0.29, 0.717) is 0 Å². The minimum absolute atomic E-state index is 0.000104. The number of hydrazone groups is 1. The molecule has 0 radical (unpaired) electrons.